The highest BCUT2D eigenvalue weighted by Gasteiger charge is 2.42. The Hall–Kier alpha value is -3.62. The molecular formula is C48H59OSi. The second-order valence-corrected chi connectivity index (χ2v) is 21.1. The third-order valence-corrected chi connectivity index (χ3v) is 13.2. The van der Waals surface area contributed by atoms with Crippen LogP contribution >= 0.6 is 0 Å². The first-order chi connectivity index (χ1) is 23.3. The van der Waals surface area contributed by atoms with Crippen LogP contribution in [-0.2, 0) is 16.2 Å². The molecule has 261 valence electrons. The lowest BCUT2D eigenvalue weighted by atomic mass is 9.76. The standard InChI is InChI=1S/C48H59OSi/c1-28-21-22-35(32-24-33(46(4,5)6)26-34(25-32)47(7,8)9)43-40(28)45(50(14)15)30(3)41(43)39-29(2)23-36-37(39)27-38(48(10,11)12)44(49-13)42(36)31-19-17-16-18-20-31/h16-27,39,45H,1-15H3. The van der Waals surface area contributed by atoms with Crippen LogP contribution in [0.25, 0.3) is 33.9 Å². The van der Waals surface area contributed by atoms with Crippen molar-refractivity contribution in [2.45, 2.75) is 124 Å². The van der Waals surface area contributed by atoms with Crippen LogP contribution in [0.4, 0.5) is 0 Å². The van der Waals surface area contributed by atoms with E-state index in [0.29, 0.717) is 5.54 Å². The number of ether oxygens (including phenoxy) is 1. The van der Waals surface area contributed by atoms with Gasteiger partial charge in [0.2, 0.25) is 0 Å². The number of allylic oxidation sites excluding steroid dienone is 3. The van der Waals surface area contributed by atoms with E-state index in [4.69, 9.17) is 4.74 Å². The van der Waals surface area contributed by atoms with Crippen LogP contribution in [0.15, 0.2) is 77.9 Å². The quantitative estimate of drug-likeness (QED) is 0.191. The summed E-state index contributed by atoms with van der Waals surface area (Å²) in [6.45, 7) is 33.3. The van der Waals surface area contributed by atoms with E-state index in [9.17, 15) is 0 Å². The molecule has 0 aromatic heterocycles. The highest BCUT2D eigenvalue weighted by Crippen LogP contribution is 2.59. The SMILES string of the molecule is COc1c(C(C)(C)C)cc2c(c1-c1ccccc1)C=C(C)C2C1=C(C)C([Si](C)C)c2c(C)ccc(-c3cc(C(C)(C)C)cc(C(C)(C)C)c3)c21. The molecule has 2 aliphatic carbocycles. The average Bonchev–Trinajstić information content (AvgIpc) is 3.51. The Morgan fingerprint density at radius 1 is 0.660 bits per heavy atom. The maximum atomic E-state index is 6.34. The average molecular weight is 680 g/mol. The molecule has 4 aromatic carbocycles. The van der Waals surface area contributed by atoms with Crippen molar-refractivity contribution in [1.29, 1.82) is 0 Å². The summed E-state index contributed by atoms with van der Waals surface area (Å²) in [7, 11) is 1.14. The van der Waals surface area contributed by atoms with Gasteiger partial charge >= 0.3 is 0 Å². The van der Waals surface area contributed by atoms with E-state index >= 15 is 0 Å². The maximum Gasteiger partial charge on any atom is 0.131 e. The van der Waals surface area contributed by atoms with Gasteiger partial charge in [-0.05, 0) is 110 Å². The van der Waals surface area contributed by atoms with Crippen LogP contribution in [0.5, 0.6) is 5.75 Å². The number of hydrogen-bond acceptors (Lipinski definition) is 1. The molecule has 0 N–H and O–H groups in total. The molecule has 0 amide bonds. The molecule has 1 radical (unpaired) electrons. The molecule has 0 saturated heterocycles. The number of fused-ring (bicyclic) bond motifs is 2. The number of benzene rings is 4. The first-order valence-electron chi connectivity index (χ1n) is 18.6. The van der Waals surface area contributed by atoms with E-state index in [1.54, 1.807) is 11.1 Å². The zero-order valence-corrected chi connectivity index (χ0v) is 34.5. The molecule has 2 aliphatic rings. The molecule has 4 aromatic rings. The van der Waals surface area contributed by atoms with Crippen molar-refractivity contribution in [3.05, 3.63) is 122 Å². The molecule has 0 spiro atoms. The highest BCUT2D eigenvalue weighted by atomic mass is 28.3. The first kappa shape index (κ1) is 36.2. The summed E-state index contributed by atoms with van der Waals surface area (Å²) in [6.07, 6.45) is 2.47. The molecule has 0 bridgehead atoms. The number of hydrogen-bond donors (Lipinski definition) is 0. The molecule has 2 atom stereocenters. The van der Waals surface area contributed by atoms with Crippen LogP contribution < -0.4 is 4.74 Å². The first-order valence-corrected chi connectivity index (χ1v) is 21.1. The minimum Gasteiger partial charge on any atom is -0.496 e. The van der Waals surface area contributed by atoms with E-state index in [2.05, 4.69) is 169 Å². The van der Waals surface area contributed by atoms with Gasteiger partial charge in [-0.25, -0.2) is 0 Å². The third kappa shape index (κ3) is 6.06. The number of aryl methyl sites for hydroxylation is 1. The molecule has 1 nitrogen and oxygen atoms in total. The van der Waals surface area contributed by atoms with Crippen molar-refractivity contribution in [1.82, 2.24) is 0 Å². The highest BCUT2D eigenvalue weighted by molar-refractivity contribution is 6.59. The second-order valence-electron chi connectivity index (χ2n) is 18.4. The fourth-order valence-corrected chi connectivity index (χ4v) is 10.6. The molecule has 0 heterocycles. The van der Waals surface area contributed by atoms with Crippen molar-refractivity contribution in [2.24, 2.45) is 0 Å². The minimum absolute atomic E-state index is 0.0456. The van der Waals surface area contributed by atoms with Crippen molar-refractivity contribution in [2.75, 3.05) is 7.11 Å². The summed E-state index contributed by atoms with van der Waals surface area (Å²) < 4.78 is 6.34. The van der Waals surface area contributed by atoms with Crippen LogP contribution in [-0.4, -0.2) is 15.9 Å². The smallest absolute Gasteiger partial charge is 0.131 e. The Balaban J connectivity index is 1.71. The lowest BCUT2D eigenvalue weighted by Crippen LogP contribution is -2.17. The summed E-state index contributed by atoms with van der Waals surface area (Å²) in [5.74, 6) is 1.18. The van der Waals surface area contributed by atoms with Gasteiger partial charge in [0, 0.05) is 17.0 Å². The third-order valence-electron chi connectivity index (χ3n) is 11.3. The maximum absolute atomic E-state index is 6.34. The van der Waals surface area contributed by atoms with Gasteiger partial charge < -0.3 is 4.74 Å². The number of methoxy groups -OCH3 is 1. The summed E-state index contributed by atoms with van der Waals surface area (Å²) >= 11 is 0. The van der Waals surface area contributed by atoms with Gasteiger partial charge in [-0.15, -0.1) is 0 Å². The molecule has 0 fully saturated rings. The fraction of sp³-hybridized carbons (Fsp3) is 0.417. The lowest BCUT2D eigenvalue weighted by Gasteiger charge is -2.29. The molecule has 0 saturated carbocycles. The summed E-state index contributed by atoms with van der Waals surface area (Å²) in [4.78, 5) is 0. The van der Waals surface area contributed by atoms with Crippen LogP contribution in [0.3, 0.4) is 0 Å². The zero-order valence-electron chi connectivity index (χ0n) is 33.5. The monoisotopic (exact) mass is 679 g/mol. The Bertz CT molecular complexity index is 2000. The molecule has 0 aliphatic heterocycles. The van der Waals surface area contributed by atoms with Gasteiger partial charge in [0.25, 0.3) is 0 Å². The van der Waals surface area contributed by atoms with Gasteiger partial charge in [0.1, 0.15) is 5.75 Å². The predicted octanol–water partition coefficient (Wildman–Crippen LogP) is 13.6. The molecule has 2 unspecified atom stereocenters. The molecule has 6 rings (SSSR count). The summed E-state index contributed by atoms with van der Waals surface area (Å²) in [5.41, 5.74) is 21.4. The van der Waals surface area contributed by atoms with Crippen molar-refractivity contribution < 1.29 is 4.74 Å². The molecule has 50 heavy (non-hydrogen) atoms. The van der Waals surface area contributed by atoms with Crippen molar-refractivity contribution >= 4 is 20.4 Å². The fourth-order valence-electron chi connectivity index (χ4n) is 8.63. The van der Waals surface area contributed by atoms with Gasteiger partial charge in [-0.2, -0.15) is 0 Å². The van der Waals surface area contributed by atoms with Gasteiger partial charge in [-0.1, -0.05) is 153 Å². The minimum atomic E-state index is -0.700. The van der Waals surface area contributed by atoms with E-state index in [-0.39, 0.29) is 22.2 Å². The Labute approximate surface area is 305 Å². The Morgan fingerprint density at radius 3 is 1.78 bits per heavy atom. The largest absolute Gasteiger partial charge is 0.496 e. The van der Waals surface area contributed by atoms with E-state index in [1.807, 2.05) is 7.11 Å². The van der Waals surface area contributed by atoms with Crippen LogP contribution in [0.1, 0.15) is 132 Å². The van der Waals surface area contributed by atoms with Crippen molar-refractivity contribution in [3.63, 3.8) is 0 Å². The molecular weight excluding hydrogens is 621 g/mol. The van der Waals surface area contributed by atoms with Gasteiger partial charge in [0.05, 0.1) is 15.9 Å². The summed E-state index contributed by atoms with van der Waals surface area (Å²) in [5, 5.41) is 0. The van der Waals surface area contributed by atoms with Crippen molar-refractivity contribution in [3.8, 4) is 28.0 Å². The lowest BCUT2D eigenvalue weighted by molar-refractivity contribution is 0.399. The topological polar surface area (TPSA) is 9.23 Å². The Morgan fingerprint density at radius 2 is 1.26 bits per heavy atom. The van der Waals surface area contributed by atoms with Gasteiger partial charge in [0.15, 0.2) is 0 Å². The van der Waals surface area contributed by atoms with E-state index in [1.165, 1.54) is 72.3 Å². The second kappa shape index (κ2) is 12.6. The van der Waals surface area contributed by atoms with E-state index in [0.717, 1.165) is 5.75 Å². The normalized spacial score (nSPS) is 17.7. The summed E-state index contributed by atoms with van der Waals surface area (Å²) in [6, 6.07) is 25.7. The van der Waals surface area contributed by atoms with Gasteiger partial charge in [-0.3, -0.25) is 0 Å². The van der Waals surface area contributed by atoms with E-state index < -0.39 is 8.80 Å². The molecule has 2 heteroatoms. The zero-order chi connectivity index (χ0) is 36.7. The van der Waals surface area contributed by atoms with Crippen LogP contribution in [0.2, 0.25) is 13.1 Å². The number of rotatable bonds is 5. The predicted molar refractivity (Wildman–Crippen MR) is 220 cm³/mol. The van der Waals surface area contributed by atoms with Crippen LogP contribution in [0, 0.1) is 6.92 Å². The Kier molecular flexibility index (Phi) is 9.08.